The maximum Gasteiger partial charge on any atom is 0.339 e. The van der Waals surface area contributed by atoms with Crippen LogP contribution in [0.5, 0.6) is 5.75 Å². The van der Waals surface area contributed by atoms with Crippen LogP contribution in [0.25, 0.3) is 21.9 Å². The van der Waals surface area contributed by atoms with Gasteiger partial charge in [0.2, 0.25) is 0 Å². The predicted molar refractivity (Wildman–Crippen MR) is 109 cm³/mol. The molecule has 0 aliphatic heterocycles. The molecule has 2 heterocycles. The van der Waals surface area contributed by atoms with E-state index < -0.39 is 5.63 Å². The Balaban J connectivity index is 1.84. The van der Waals surface area contributed by atoms with Crippen molar-refractivity contribution in [1.82, 2.24) is 4.57 Å². The lowest BCUT2D eigenvalue weighted by atomic mass is 10.1. The molecule has 0 saturated carbocycles. The fourth-order valence-electron chi connectivity index (χ4n) is 3.65. The molecule has 0 aliphatic rings. The van der Waals surface area contributed by atoms with E-state index in [1.54, 1.807) is 4.57 Å². The first-order valence-electron chi connectivity index (χ1n) is 9.92. The van der Waals surface area contributed by atoms with E-state index in [4.69, 9.17) is 4.42 Å². The molecule has 0 atom stereocenters. The third-order valence-electron chi connectivity index (χ3n) is 5.07. The largest absolute Gasteiger partial charge is 0.507 e. The molecular formula is C22H27NO4. The molecule has 0 radical (unpaired) electrons. The summed E-state index contributed by atoms with van der Waals surface area (Å²) in [5.41, 5.74) is -0.0854. The van der Waals surface area contributed by atoms with Gasteiger partial charge in [-0.25, -0.2) is 4.79 Å². The monoisotopic (exact) mass is 369 g/mol. The quantitative estimate of drug-likeness (QED) is 0.428. The Morgan fingerprint density at radius 3 is 2.37 bits per heavy atom. The maximum absolute atomic E-state index is 13.0. The molecule has 27 heavy (non-hydrogen) atoms. The molecule has 1 N–H and O–H groups in total. The topological polar surface area (TPSA) is 72.4 Å². The summed E-state index contributed by atoms with van der Waals surface area (Å²) in [7, 11) is 0. The molecule has 0 aliphatic carbocycles. The van der Waals surface area contributed by atoms with Gasteiger partial charge in [0.15, 0.2) is 5.58 Å². The van der Waals surface area contributed by atoms with Gasteiger partial charge in [0.05, 0.1) is 11.6 Å². The third-order valence-corrected chi connectivity index (χ3v) is 5.07. The van der Waals surface area contributed by atoms with Crippen molar-refractivity contribution < 1.29 is 9.52 Å². The standard InChI is InChI=1S/C22H27NO4/c1-2-3-4-5-6-7-8-11-14-23-17-13-10-9-12-16(17)21-20(22(23)26)18(24)15-19(25)27-21/h9-10,12-13,15,24H,2-8,11,14H2,1H3. The second-order valence-electron chi connectivity index (χ2n) is 7.10. The molecule has 0 bridgehead atoms. The first kappa shape index (κ1) is 19.2. The number of aromatic hydroxyl groups is 1. The summed E-state index contributed by atoms with van der Waals surface area (Å²) < 4.78 is 6.94. The van der Waals surface area contributed by atoms with Crippen LogP contribution in [0.4, 0.5) is 0 Å². The van der Waals surface area contributed by atoms with Crippen molar-refractivity contribution in [2.24, 2.45) is 0 Å². The summed E-state index contributed by atoms with van der Waals surface area (Å²) in [5, 5.41) is 10.9. The summed E-state index contributed by atoms with van der Waals surface area (Å²) in [6, 6.07) is 8.31. The molecule has 3 rings (SSSR count). The Bertz CT molecular complexity index is 1030. The highest BCUT2D eigenvalue weighted by Crippen LogP contribution is 2.26. The highest BCUT2D eigenvalue weighted by atomic mass is 16.4. The van der Waals surface area contributed by atoms with Crippen molar-refractivity contribution in [3.8, 4) is 5.75 Å². The van der Waals surface area contributed by atoms with Gasteiger partial charge in [-0.1, -0.05) is 64.0 Å². The van der Waals surface area contributed by atoms with Crippen molar-refractivity contribution in [1.29, 1.82) is 0 Å². The minimum absolute atomic E-state index is 0.0767. The Kier molecular flexibility index (Phi) is 6.32. The van der Waals surface area contributed by atoms with Gasteiger partial charge in [-0.2, -0.15) is 0 Å². The van der Waals surface area contributed by atoms with Crippen molar-refractivity contribution in [3.63, 3.8) is 0 Å². The zero-order chi connectivity index (χ0) is 19.2. The number of pyridine rings is 1. The lowest BCUT2D eigenvalue weighted by Gasteiger charge is -2.12. The minimum atomic E-state index is -0.662. The summed E-state index contributed by atoms with van der Waals surface area (Å²) in [4.78, 5) is 24.6. The summed E-state index contributed by atoms with van der Waals surface area (Å²) in [5.74, 6) is -0.318. The van der Waals surface area contributed by atoms with Crippen molar-refractivity contribution >= 4 is 21.9 Å². The third kappa shape index (κ3) is 4.24. The van der Waals surface area contributed by atoms with E-state index in [9.17, 15) is 14.7 Å². The van der Waals surface area contributed by atoms with Crippen LogP contribution >= 0.6 is 0 Å². The van der Waals surface area contributed by atoms with Crippen molar-refractivity contribution in [2.45, 2.75) is 64.8 Å². The molecule has 0 fully saturated rings. The molecule has 5 nitrogen and oxygen atoms in total. The molecule has 0 saturated heterocycles. The predicted octanol–water partition coefficient (Wildman–Crippen LogP) is 4.95. The molecule has 0 amide bonds. The normalized spacial score (nSPS) is 11.4. The first-order valence-corrected chi connectivity index (χ1v) is 9.92. The molecule has 3 aromatic rings. The van der Waals surface area contributed by atoms with Gasteiger partial charge in [0.25, 0.3) is 5.56 Å². The van der Waals surface area contributed by atoms with Gasteiger partial charge in [0, 0.05) is 11.9 Å². The van der Waals surface area contributed by atoms with E-state index in [-0.39, 0.29) is 22.3 Å². The summed E-state index contributed by atoms with van der Waals surface area (Å²) in [6.45, 7) is 2.80. The number of rotatable bonds is 9. The average Bonchev–Trinajstić information content (AvgIpc) is 2.65. The molecule has 2 aromatic heterocycles. The van der Waals surface area contributed by atoms with Crippen molar-refractivity contribution in [3.05, 3.63) is 51.1 Å². The Morgan fingerprint density at radius 2 is 1.63 bits per heavy atom. The number of benzene rings is 1. The smallest absolute Gasteiger partial charge is 0.339 e. The second kappa shape index (κ2) is 8.89. The van der Waals surface area contributed by atoms with Crippen LogP contribution in [-0.2, 0) is 6.54 Å². The van der Waals surface area contributed by atoms with Gasteiger partial charge in [-0.15, -0.1) is 0 Å². The highest BCUT2D eigenvalue weighted by Gasteiger charge is 2.16. The van der Waals surface area contributed by atoms with Crippen LogP contribution in [0.1, 0.15) is 58.3 Å². The molecule has 144 valence electrons. The number of hydrogen-bond acceptors (Lipinski definition) is 4. The van der Waals surface area contributed by atoms with E-state index in [1.807, 2.05) is 24.3 Å². The van der Waals surface area contributed by atoms with Gasteiger partial charge < -0.3 is 14.1 Å². The maximum atomic E-state index is 13.0. The minimum Gasteiger partial charge on any atom is -0.507 e. The lowest BCUT2D eigenvalue weighted by molar-refractivity contribution is 0.466. The molecular weight excluding hydrogens is 342 g/mol. The van der Waals surface area contributed by atoms with Crippen LogP contribution in [-0.4, -0.2) is 9.67 Å². The van der Waals surface area contributed by atoms with Crippen LogP contribution in [0.3, 0.4) is 0 Å². The fraction of sp³-hybridized carbons (Fsp3) is 0.455. The van der Waals surface area contributed by atoms with Gasteiger partial charge in [-0.05, 0) is 18.6 Å². The lowest BCUT2D eigenvalue weighted by Crippen LogP contribution is -2.22. The van der Waals surface area contributed by atoms with Crippen LogP contribution < -0.4 is 11.2 Å². The zero-order valence-corrected chi connectivity index (χ0v) is 15.9. The van der Waals surface area contributed by atoms with E-state index in [0.717, 1.165) is 24.4 Å². The number of hydrogen-bond donors (Lipinski definition) is 1. The average molecular weight is 369 g/mol. The van der Waals surface area contributed by atoms with Gasteiger partial charge >= 0.3 is 5.63 Å². The van der Waals surface area contributed by atoms with Crippen LogP contribution in [0.2, 0.25) is 0 Å². The van der Waals surface area contributed by atoms with Gasteiger partial charge in [-0.3, -0.25) is 4.79 Å². The first-order chi connectivity index (χ1) is 13.1. The number of para-hydroxylation sites is 1. The van der Waals surface area contributed by atoms with E-state index in [0.29, 0.717) is 11.9 Å². The number of fused-ring (bicyclic) bond motifs is 3. The molecule has 0 spiro atoms. The molecule has 1 aromatic carbocycles. The Hall–Kier alpha value is -2.56. The number of aromatic nitrogens is 1. The number of nitrogens with zero attached hydrogens (tertiary/aromatic N) is 1. The second-order valence-corrected chi connectivity index (χ2v) is 7.10. The van der Waals surface area contributed by atoms with E-state index in [2.05, 4.69) is 6.92 Å². The highest BCUT2D eigenvalue weighted by molar-refractivity contribution is 6.03. The molecule has 0 unspecified atom stereocenters. The van der Waals surface area contributed by atoms with Crippen molar-refractivity contribution in [2.75, 3.05) is 0 Å². The summed E-state index contributed by atoms with van der Waals surface area (Å²) in [6.07, 6.45) is 9.52. The van der Waals surface area contributed by atoms with E-state index in [1.165, 1.54) is 38.5 Å². The van der Waals surface area contributed by atoms with Crippen LogP contribution in [0, 0.1) is 0 Å². The fourth-order valence-corrected chi connectivity index (χ4v) is 3.65. The molecule has 5 heteroatoms. The Morgan fingerprint density at radius 1 is 0.963 bits per heavy atom. The van der Waals surface area contributed by atoms with Gasteiger partial charge in [0.1, 0.15) is 11.1 Å². The SMILES string of the molecule is CCCCCCCCCCn1c(=O)c2c(O)cc(=O)oc2c2ccccc21. The number of aryl methyl sites for hydroxylation is 1. The van der Waals surface area contributed by atoms with E-state index >= 15 is 0 Å². The summed E-state index contributed by atoms with van der Waals surface area (Å²) >= 11 is 0. The zero-order valence-electron chi connectivity index (χ0n) is 15.9. The van der Waals surface area contributed by atoms with Crippen LogP contribution in [0.15, 0.2) is 44.3 Å². The Labute approximate surface area is 158 Å². The number of unbranched alkanes of at least 4 members (excludes halogenated alkanes) is 7.